The van der Waals surface area contributed by atoms with E-state index in [1.807, 2.05) is 42.5 Å². The van der Waals surface area contributed by atoms with E-state index in [2.05, 4.69) is 0 Å². The van der Waals surface area contributed by atoms with Crippen LogP contribution in [0.25, 0.3) is 0 Å². The first-order valence-corrected chi connectivity index (χ1v) is 6.88. The number of nitrogens with two attached hydrogens (primary N) is 1. The number of hydrogen-bond donors (Lipinski definition) is 1. The zero-order valence-corrected chi connectivity index (χ0v) is 10.9. The minimum atomic E-state index is -1.07. The van der Waals surface area contributed by atoms with E-state index in [9.17, 15) is 4.21 Å². The predicted molar refractivity (Wildman–Crippen MR) is 74.0 cm³/mol. The van der Waals surface area contributed by atoms with E-state index in [0.29, 0.717) is 11.4 Å². The molecule has 0 aromatic heterocycles. The van der Waals surface area contributed by atoms with Gasteiger partial charge in [0.25, 0.3) is 0 Å². The standard InChI is InChI=1S/C14H15NO2S/c1-17-13-3-2-4-14(9-13)18(16)10-11-5-7-12(15)8-6-11/h2-9H,10,15H2,1H3. The van der Waals surface area contributed by atoms with Gasteiger partial charge in [0.1, 0.15) is 5.75 Å². The van der Waals surface area contributed by atoms with Gasteiger partial charge in [-0.05, 0) is 35.9 Å². The van der Waals surface area contributed by atoms with E-state index >= 15 is 0 Å². The fraction of sp³-hybridized carbons (Fsp3) is 0.143. The van der Waals surface area contributed by atoms with E-state index in [1.54, 1.807) is 13.2 Å². The molecule has 2 aromatic carbocycles. The molecule has 0 amide bonds. The second kappa shape index (κ2) is 5.69. The molecule has 2 N–H and O–H groups in total. The highest BCUT2D eigenvalue weighted by Crippen LogP contribution is 2.18. The molecule has 4 heteroatoms. The minimum Gasteiger partial charge on any atom is -0.497 e. The van der Waals surface area contributed by atoms with Crippen LogP contribution in [0, 0.1) is 0 Å². The summed E-state index contributed by atoms with van der Waals surface area (Å²) in [6.07, 6.45) is 0. The van der Waals surface area contributed by atoms with Gasteiger partial charge in [-0.1, -0.05) is 18.2 Å². The summed E-state index contributed by atoms with van der Waals surface area (Å²) in [5.41, 5.74) is 7.33. The SMILES string of the molecule is COc1cccc(S(=O)Cc2ccc(N)cc2)c1. The molecule has 0 spiro atoms. The number of nitrogen functional groups attached to an aromatic ring is 1. The van der Waals surface area contributed by atoms with Gasteiger partial charge in [0.15, 0.2) is 0 Å². The van der Waals surface area contributed by atoms with Gasteiger partial charge in [0.2, 0.25) is 0 Å². The molecule has 1 unspecified atom stereocenters. The van der Waals surface area contributed by atoms with Gasteiger partial charge < -0.3 is 10.5 Å². The van der Waals surface area contributed by atoms with E-state index in [4.69, 9.17) is 10.5 Å². The fourth-order valence-electron chi connectivity index (χ4n) is 1.59. The molecule has 0 saturated heterocycles. The monoisotopic (exact) mass is 261 g/mol. The summed E-state index contributed by atoms with van der Waals surface area (Å²) in [5, 5.41) is 0. The summed E-state index contributed by atoms with van der Waals surface area (Å²) in [5.74, 6) is 1.20. The first-order valence-electron chi connectivity index (χ1n) is 5.56. The Balaban J connectivity index is 2.14. The lowest BCUT2D eigenvalue weighted by molar-refractivity contribution is 0.413. The van der Waals surface area contributed by atoms with Crippen LogP contribution in [0.4, 0.5) is 5.69 Å². The Morgan fingerprint density at radius 2 is 1.89 bits per heavy atom. The fourth-order valence-corrected chi connectivity index (χ4v) is 2.73. The maximum Gasteiger partial charge on any atom is 0.120 e. The maximum atomic E-state index is 12.2. The Morgan fingerprint density at radius 1 is 1.17 bits per heavy atom. The Hall–Kier alpha value is -1.81. The van der Waals surface area contributed by atoms with Crippen molar-refractivity contribution in [2.24, 2.45) is 0 Å². The molecule has 0 saturated carbocycles. The molecule has 0 aliphatic rings. The Labute approximate surface area is 109 Å². The second-order valence-corrected chi connectivity index (χ2v) is 5.36. The molecule has 94 valence electrons. The largest absolute Gasteiger partial charge is 0.497 e. The summed E-state index contributed by atoms with van der Waals surface area (Å²) >= 11 is 0. The Morgan fingerprint density at radius 3 is 2.56 bits per heavy atom. The van der Waals surface area contributed by atoms with Crippen LogP contribution in [-0.4, -0.2) is 11.3 Å². The maximum absolute atomic E-state index is 12.2. The van der Waals surface area contributed by atoms with Crippen molar-refractivity contribution in [2.45, 2.75) is 10.6 Å². The van der Waals surface area contributed by atoms with Gasteiger partial charge in [-0.2, -0.15) is 0 Å². The van der Waals surface area contributed by atoms with E-state index < -0.39 is 10.8 Å². The van der Waals surface area contributed by atoms with Gasteiger partial charge in [0, 0.05) is 10.6 Å². The van der Waals surface area contributed by atoms with Crippen molar-refractivity contribution in [1.82, 2.24) is 0 Å². The highest BCUT2D eigenvalue weighted by atomic mass is 32.2. The van der Waals surface area contributed by atoms with Crippen LogP contribution in [0.3, 0.4) is 0 Å². The van der Waals surface area contributed by atoms with Crippen LogP contribution >= 0.6 is 0 Å². The smallest absolute Gasteiger partial charge is 0.120 e. The molecule has 0 radical (unpaired) electrons. The third kappa shape index (κ3) is 3.11. The van der Waals surface area contributed by atoms with Crippen molar-refractivity contribution in [3.63, 3.8) is 0 Å². The lowest BCUT2D eigenvalue weighted by Crippen LogP contribution is -1.97. The van der Waals surface area contributed by atoms with Crippen molar-refractivity contribution in [3.05, 3.63) is 54.1 Å². The van der Waals surface area contributed by atoms with Crippen LogP contribution in [-0.2, 0) is 16.6 Å². The van der Waals surface area contributed by atoms with Crippen LogP contribution in [0.5, 0.6) is 5.75 Å². The number of anilines is 1. The van der Waals surface area contributed by atoms with Crippen molar-refractivity contribution < 1.29 is 8.95 Å². The molecule has 2 rings (SSSR count). The van der Waals surface area contributed by atoms with Gasteiger partial charge in [0.05, 0.1) is 23.7 Å². The van der Waals surface area contributed by atoms with Gasteiger partial charge in [-0.15, -0.1) is 0 Å². The predicted octanol–water partition coefficient (Wildman–Crippen LogP) is 2.59. The van der Waals surface area contributed by atoms with Crippen molar-refractivity contribution >= 4 is 16.5 Å². The molecular weight excluding hydrogens is 246 g/mol. The summed E-state index contributed by atoms with van der Waals surface area (Å²) in [7, 11) is 0.526. The summed E-state index contributed by atoms with van der Waals surface area (Å²) in [6, 6.07) is 14.7. The molecule has 0 bridgehead atoms. The third-order valence-electron chi connectivity index (χ3n) is 2.58. The number of ether oxygens (including phenoxy) is 1. The summed E-state index contributed by atoms with van der Waals surface area (Å²) < 4.78 is 17.3. The first kappa shape index (κ1) is 12.6. The Kier molecular flexibility index (Phi) is 3.99. The zero-order valence-electron chi connectivity index (χ0n) is 10.1. The van der Waals surface area contributed by atoms with Crippen molar-refractivity contribution in [1.29, 1.82) is 0 Å². The molecule has 18 heavy (non-hydrogen) atoms. The van der Waals surface area contributed by atoms with Crippen LogP contribution < -0.4 is 10.5 Å². The zero-order chi connectivity index (χ0) is 13.0. The Bertz CT molecular complexity index is 552. The number of rotatable bonds is 4. The number of benzene rings is 2. The van der Waals surface area contributed by atoms with Crippen LogP contribution in [0.15, 0.2) is 53.4 Å². The van der Waals surface area contributed by atoms with Crippen LogP contribution in [0.2, 0.25) is 0 Å². The molecule has 0 heterocycles. The summed E-state index contributed by atoms with van der Waals surface area (Å²) in [4.78, 5) is 0.770. The van der Waals surface area contributed by atoms with E-state index in [-0.39, 0.29) is 0 Å². The van der Waals surface area contributed by atoms with Crippen molar-refractivity contribution in [2.75, 3.05) is 12.8 Å². The third-order valence-corrected chi connectivity index (χ3v) is 3.96. The lowest BCUT2D eigenvalue weighted by atomic mass is 10.2. The lowest BCUT2D eigenvalue weighted by Gasteiger charge is -2.05. The second-order valence-electron chi connectivity index (χ2n) is 3.91. The number of hydrogen-bond acceptors (Lipinski definition) is 3. The van der Waals surface area contributed by atoms with E-state index in [0.717, 1.165) is 16.2 Å². The minimum absolute atomic E-state index is 0.480. The van der Waals surface area contributed by atoms with Gasteiger partial charge in [-0.3, -0.25) is 4.21 Å². The average Bonchev–Trinajstić information content (AvgIpc) is 2.41. The normalized spacial score (nSPS) is 12.1. The van der Waals surface area contributed by atoms with Gasteiger partial charge in [-0.25, -0.2) is 0 Å². The highest BCUT2D eigenvalue weighted by Gasteiger charge is 2.06. The quantitative estimate of drug-likeness (QED) is 0.861. The van der Waals surface area contributed by atoms with Crippen LogP contribution in [0.1, 0.15) is 5.56 Å². The molecule has 0 fully saturated rings. The average molecular weight is 261 g/mol. The molecule has 3 nitrogen and oxygen atoms in total. The van der Waals surface area contributed by atoms with E-state index in [1.165, 1.54) is 0 Å². The molecule has 0 aliphatic carbocycles. The topological polar surface area (TPSA) is 52.3 Å². The number of methoxy groups -OCH3 is 1. The molecular formula is C14H15NO2S. The molecule has 1 atom stereocenters. The van der Waals surface area contributed by atoms with Gasteiger partial charge >= 0.3 is 0 Å². The molecule has 0 aliphatic heterocycles. The molecule has 2 aromatic rings. The summed E-state index contributed by atoms with van der Waals surface area (Å²) in [6.45, 7) is 0. The highest BCUT2D eigenvalue weighted by molar-refractivity contribution is 7.84. The first-order chi connectivity index (χ1) is 8.69. The van der Waals surface area contributed by atoms with Crippen molar-refractivity contribution in [3.8, 4) is 5.75 Å².